The molecule has 0 amide bonds. The van der Waals surface area contributed by atoms with Crippen LogP contribution in [-0.2, 0) is 4.74 Å². The first-order valence-corrected chi connectivity index (χ1v) is 7.22. The smallest absolute Gasteiger partial charge is 0.275 e. The van der Waals surface area contributed by atoms with Crippen LogP contribution < -0.4 is 10.9 Å². The summed E-state index contributed by atoms with van der Waals surface area (Å²) in [6.07, 6.45) is 6.20. The molecular formula is C12H16N4O2S. The van der Waals surface area contributed by atoms with E-state index in [2.05, 4.69) is 15.4 Å². The van der Waals surface area contributed by atoms with E-state index in [1.165, 1.54) is 28.1 Å². The number of nitrogens with zero attached hydrogens (tertiary/aromatic N) is 3. The lowest BCUT2D eigenvalue weighted by molar-refractivity contribution is 0.0669. The zero-order chi connectivity index (χ0) is 13.2. The fourth-order valence-electron chi connectivity index (χ4n) is 2.47. The van der Waals surface area contributed by atoms with Crippen LogP contribution in [0.2, 0.25) is 0 Å². The van der Waals surface area contributed by atoms with Crippen molar-refractivity contribution in [3.63, 3.8) is 0 Å². The van der Waals surface area contributed by atoms with E-state index in [-0.39, 0.29) is 5.56 Å². The van der Waals surface area contributed by atoms with E-state index < -0.39 is 0 Å². The molecule has 2 heterocycles. The summed E-state index contributed by atoms with van der Waals surface area (Å²) in [5, 5.41) is 8.40. The second-order valence-corrected chi connectivity index (χ2v) is 5.71. The first-order valence-electron chi connectivity index (χ1n) is 6.40. The molecule has 2 atom stereocenters. The minimum atomic E-state index is -0.146. The third kappa shape index (κ3) is 2.62. The topological polar surface area (TPSA) is 68.5 Å². The number of rotatable bonds is 3. The Kier molecular flexibility index (Phi) is 3.48. The number of fused-ring (bicyclic) bond motifs is 1. The van der Waals surface area contributed by atoms with Crippen molar-refractivity contribution in [2.24, 2.45) is 0 Å². The maximum atomic E-state index is 11.6. The molecule has 0 saturated heterocycles. The fourth-order valence-corrected chi connectivity index (χ4v) is 3.32. The standard InChI is InChI=1S/C12H16N4O2S/c1-18-9-4-2-3-8(7-9)14-11-15-16-10(17)5-6-13-12(16)19-11/h5-6,8-9H,2-4,7H2,1H3,(H,14,15). The Morgan fingerprint density at radius 1 is 1.53 bits per heavy atom. The molecule has 0 spiro atoms. The van der Waals surface area contributed by atoms with Crippen LogP contribution in [0.15, 0.2) is 17.1 Å². The normalized spacial score (nSPS) is 23.6. The van der Waals surface area contributed by atoms with Gasteiger partial charge < -0.3 is 10.1 Å². The van der Waals surface area contributed by atoms with E-state index in [9.17, 15) is 4.79 Å². The molecule has 19 heavy (non-hydrogen) atoms. The van der Waals surface area contributed by atoms with Gasteiger partial charge >= 0.3 is 0 Å². The second-order valence-electron chi connectivity index (χ2n) is 4.75. The Bertz CT molecular complexity index is 623. The molecule has 1 aliphatic rings. The SMILES string of the molecule is COC1CCCC(Nc2nn3c(=O)ccnc3s2)C1. The monoisotopic (exact) mass is 280 g/mol. The van der Waals surface area contributed by atoms with E-state index in [0.29, 0.717) is 17.1 Å². The van der Waals surface area contributed by atoms with Crippen LogP contribution in [-0.4, -0.2) is 33.9 Å². The molecule has 6 nitrogen and oxygen atoms in total. The summed E-state index contributed by atoms with van der Waals surface area (Å²) in [5.41, 5.74) is -0.146. The summed E-state index contributed by atoms with van der Waals surface area (Å²) in [6.45, 7) is 0. The van der Waals surface area contributed by atoms with E-state index in [1.807, 2.05) is 0 Å². The highest BCUT2D eigenvalue weighted by Gasteiger charge is 2.22. The Morgan fingerprint density at radius 2 is 2.42 bits per heavy atom. The molecule has 2 aromatic rings. The highest BCUT2D eigenvalue weighted by Crippen LogP contribution is 2.25. The molecular weight excluding hydrogens is 264 g/mol. The van der Waals surface area contributed by atoms with Gasteiger partial charge in [-0.05, 0) is 25.7 Å². The first kappa shape index (κ1) is 12.6. The zero-order valence-electron chi connectivity index (χ0n) is 10.7. The number of hydrogen-bond acceptors (Lipinski definition) is 6. The number of hydrogen-bond donors (Lipinski definition) is 1. The number of anilines is 1. The number of methoxy groups -OCH3 is 1. The van der Waals surface area contributed by atoms with Gasteiger partial charge in [0.1, 0.15) is 0 Å². The van der Waals surface area contributed by atoms with Crippen LogP contribution >= 0.6 is 11.3 Å². The summed E-state index contributed by atoms with van der Waals surface area (Å²) < 4.78 is 6.75. The Morgan fingerprint density at radius 3 is 3.21 bits per heavy atom. The van der Waals surface area contributed by atoms with Crippen LogP contribution in [0.5, 0.6) is 0 Å². The summed E-state index contributed by atoms with van der Waals surface area (Å²) in [7, 11) is 1.76. The predicted molar refractivity (Wildman–Crippen MR) is 73.8 cm³/mol. The highest BCUT2D eigenvalue weighted by atomic mass is 32.1. The molecule has 1 N–H and O–H groups in total. The molecule has 102 valence electrons. The molecule has 1 aliphatic carbocycles. The van der Waals surface area contributed by atoms with Gasteiger partial charge in [0, 0.05) is 25.4 Å². The van der Waals surface area contributed by atoms with Gasteiger partial charge in [-0.3, -0.25) is 4.79 Å². The second kappa shape index (κ2) is 5.26. The molecule has 0 radical (unpaired) electrons. The summed E-state index contributed by atoms with van der Waals surface area (Å²) in [6, 6.07) is 1.77. The summed E-state index contributed by atoms with van der Waals surface area (Å²) in [4.78, 5) is 16.4. The molecule has 2 unspecified atom stereocenters. The van der Waals surface area contributed by atoms with Gasteiger partial charge in [0.2, 0.25) is 10.1 Å². The number of nitrogens with one attached hydrogen (secondary N) is 1. The average molecular weight is 280 g/mol. The van der Waals surface area contributed by atoms with Crippen molar-refractivity contribution in [2.75, 3.05) is 12.4 Å². The largest absolute Gasteiger partial charge is 0.381 e. The molecule has 0 aliphatic heterocycles. The van der Waals surface area contributed by atoms with E-state index in [1.54, 1.807) is 7.11 Å². The Labute approximate surface area is 114 Å². The van der Waals surface area contributed by atoms with Crippen molar-refractivity contribution < 1.29 is 4.74 Å². The minimum absolute atomic E-state index is 0.146. The van der Waals surface area contributed by atoms with E-state index in [0.717, 1.165) is 30.8 Å². The quantitative estimate of drug-likeness (QED) is 0.923. The van der Waals surface area contributed by atoms with Crippen molar-refractivity contribution in [3.8, 4) is 0 Å². The Balaban J connectivity index is 1.78. The third-order valence-corrected chi connectivity index (χ3v) is 4.31. The lowest BCUT2D eigenvalue weighted by Gasteiger charge is -2.28. The zero-order valence-corrected chi connectivity index (χ0v) is 11.5. The molecule has 7 heteroatoms. The molecule has 1 saturated carbocycles. The molecule has 2 aromatic heterocycles. The van der Waals surface area contributed by atoms with E-state index in [4.69, 9.17) is 4.74 Å². The lowest BCUT2D eigenvalue weighted by Crippen LogP contribution is -2.31. The van der Waals surface area contributed by atoms with Crippen molar-refractivity contribution >= 4 is 21.4 Å². The fraction of sp³-hybridized carbons (Fsp3) is 0.583. The molecule has 1 fully saturated rings. The van der Waals surface area contributed by atoms with Gasteiger partial charge in [-0.15, -0.1) is 5.10 Å². The van der Waals surface area contributed by atoms with Crippen LogP contribution in [0.3, 0.4) is 0 Å². The number of ether oxygens (including phenoxy) is 1. The van der Waals surface area contributed by atoms with Crippen LogP contribution in [0, 0.1) is 0 Å². The molecule has 3 rings (SSSR count). The number of aromatic nitrogens is 3. The van der Waals surface area contributed by atoms with Gasteiger partial charge in [-0.2, -0.15) is 4.52 Å². The van der Waals surface area contributed by atoms with Gasteiger partial charge in [0.15, 0.2) is 0 Å². The van der Waals surface area contributed by atoms with Gasteiger partial charge in [-0.25, -0.2) is 4.98 Å². The maximum Gasteiger partial charge on any atom is 0.275 e. The first-order chi connectivity index (χ1) is 9.26. The van der Waals surface area contributed by atoms with Crippen LogP contribution in [0.1, 0.15) is 25.7 Å². The van der Waals surface area contributed by atoms with Gasteiger partial charge in [0.05, 0.1) is 6.10 Å². The third-order valence-electron chi connectivity index (χ3n) is 3.46. The maximum absolute atomic E-state index is 11.6. The van der Waals surface area contributed by atoms with Crippen molar-refractivity contribution in [1.82, 2.24) is 14.6 Å². The van der Waals surface area contributed by atoms with Crippen LogP contribution in [0.4, 0.5) is 5.13 Å². The lowest BCUT2D eigenvalue weighted by atomic mass is 9.93. The molecule has 0 aromatic carbocycles. The summed E-state index contributed by atoms with van der Waals surface area (Å²) in [5.74, 6) is 0. The van der Waals surface area contributed by atoms with Gasteiger partial charge in [-0.1, -0.05) is 11.3 Å². The van der Waals surface area contributed by atoms with Crippen molar-refractivity contribution in [2.45, 2.75) is 37.8 Å². The van der Waals surface area contributed by atoms with Gasteiger partial charge in [0.25, 0.3) is 5.56 Å². The van der Waals surface area contributed by atoms with E-state index >= 15 is 0 Å². The average Bonchev–Trinajstić information content (AvgIpc) is 2.83. The summed E-state index contributed by atoms with van der Waals surface area (Å²) >= 11 is 1.40. The minimum Gasteiger partial charge on any atom is -0.381 e. The Hall–Kier alpha value is -1.47. The highest BCUT2D eigenvalue weighted by molar-refractivity contribution is 7.20. The van der Waals surface area contributed by atoms with Crippen molar-refractivity contribution in [1.29, 1.82) is 0 Å². The predicted octanol–water partition coefficient (Wildman–Crippen LogP) is 1.52. The van der Waals surface area contributed by atoms with Crippen molar-refractivity contribution in [3.05, 3.63) is 22.6 Å². The van der Waals surface area contributed by atoms with Crippen LogP contribution in [0.25, 0.3) is 4.96 Å². The molecule has 0 bridgehead atoms.